The smallest absolute Gasteiger partial charge is 0.264 e. The van der Waals surface area contributed by atoms with E-state index in [2.05, 4.69) is 30.6 Å². The number of halogens is 4. The van der Waals surface area contributed by atoms with Crippen molar-refractivity contribution in [2.45, 2.75) is 0 Å². The van der Waals surface area contributed by atoms with Gasteiger partial charge in [0.15, 0.2) is 0 Å². The molecule has 1 aromatic heterocycles. The van der Waals surface area contributed by atoms with Crippen LogP contribution in [0.2, 0.25) is 0 Å². The van der Waals surface area contributed by atoms with Gasteiger partial charge >= 0.3 is 0 Å². The normalized spacial score (nSPS) is 10.7. The highest BCUT2D eigenvalue weighted by Gasteiger charge is 2.18. The Labute approximate surface area is 90.0 Å². The predicted octanol–water partition coefficient (Wildman–Crippen LogP) is 2.92. The Morgan fingerprint density at radius 1 is 1.13 bits per heavy atom. The average Bonchev–Trinajstić information content (AvgIpc) is 2.49. The van der Waals surface area contributed by atoms with Gasteiger partial charge in [0.25, 0.3) is 5.89 Å². The lowest BCUT2D eigenvalue weighted by Crippen LogP contribution is -1.92. The van der Waals surface area contributed by atoms with Crippen LogP contribution in [-0.2, 0) is 0 Å². The average molecular weight is 279 g/mol. The van der Waals surface area contributed by atoms with E-state index in [1.807, 2.05) is 0 Å². The Morgan fingerprint density at radius 2 is 1.73 bits per heavy atom. The second-order valence-electron chi connectivity index (χ2n) is 2.61. The van der Waals surface area contributed by atoms with E-state index < -0.39 is 23.0 Å². The fourth-order valence-corrected chi connectivity index (χ4v) is 1.29. The molecule has 0 spiro atoms. The summed E-state index contributed by atoms with van der Waals surface area (Å²) in [5.41, 5.74) is -0.547. The van der Waals surface area contributed by atoms with Crippen molar-refractivity contribution in [1.29, 1.82) is 0 Å². The summed E-state index contributed by atoms with van der Waals surface area (Å²) >= 11 is 2.86. The Hall–Kier alpha value is -1.37. The maximum absolute atomic E-state index is 13.2. The Morgan fingerprint density at radius 3 is 2.20 bits per heavy atom. The van der Waals surface area contributed by atoms with Gasteiger partial charge < -0.3 is 4.52 Å². The molecule has 78 valence electrons. The fourth-order valence-electron chi connectivity index (χ4n) is 1.05. The van der Waals surface area contributed by atoms with E-state index in [1.165, 1.54) is 0 Å². The second kappa shape index (κ2) is 3.65. The van der Waals surface area contributed by atoms with Crippen molar-refractivity contribution in [2.24, 2.45) is 0 Å². The van der Waals surface area contributed by atoms with Crippen LogP contribution in [0, 0.1) is 17.5 Å². The van der Waals surface area contributed by atoms with Gasteiger partial charge in [-0.2, -0.15) is 4.98 Å². The van der Waals surface area contributed by atoms with Gasteiger partial charge in [0, 0.05) is 12.1 Å². The molecule has 0 aliphatic rings. The molecule has 0 amide bonds. The molecule has 0 bridgehead atoms. The van der Waals surface area contributed by atoms with E-state index in [1.54, 1.807) is 0 Å². The number of nitrogens with zero attached hydrogens (tertiary/aromatic N) is 2. The highest BCUT2D eigenvalue weighted by molar-refractivity contribution is 9.10. The minimum Gasteiger partial charge on any atom is -0.333 e. The molecule has 0 radical (unpaired) electrons. The van der Waals surface area contributed by atoms with Crippen molar-refractivity contribution < 1.29 is 17.7 Å². The van der Waals surface area contributed by atoms with Gasteiger partial charge in [0.05, 0.1) is 0 Å². The van der Waals surface area contributed by atoms with Crippen molar-refractivity contribution in [3.05, 3.63) is 34.3 Å². The summed E-state index contributed by atoms with van der Waals surface area (Å²) in [5.74, 6) is -3.54. The van der Waals surface area contributed by atoms with Crippen LogP contribution in [0.5, 0.6) is 0 Å². The molecule has 7 heteroatoms. The largest absolute Gasteiger partial charge is 0.333 e. The van der Waals surface area contributed by atoms with Gasteiger partial charge in [0.1, 0.15) is 23.0 Å². The molecule has 2 aromatic rings. The Kier molecular flexibility index (Phi) is 2.47. The Balaban J connectivity index is 2.62. The predicted molar refractivity (Wildman–Crippen MR) is 47.3 cm³/mol. The topological polar surface area (TPSA) is 38.9 Å². The van der Waals surface area contributed by atoms with Crippen LogP contribution in [-0.4, -0.2) is 10.1 Å². The maximum atomic E-state index is 13.2. The molecule has 1 aromatic carbocycles. The summed E-state index contributed by atoms with van der Waals surface area (Å²) < 4.78 is 43.5. The van der Waals surface area contributed by atoms with Crippen molar-refractivity contribution in [3.8, 4) is 11.5 Å². The van der Waals surface area contributed by atoms with Gasteiger partial charge in [-0.25, -0.2) is 13.2 Å². The molecule has 0 saturated carbocycles. The van der Waals surface area contributed by atoms with Crippen molar-refractivity contribution >= 4 is 15.9 Å². The third kappa shape index (κ3) is 1.87. The Bertz CT molecular complexity index is 491. The molecule has 0 fully saturated rings. The summed E-state index contributed by atoms with van der Waals surface area (Å²) in [5, 5.41) is 3.30. The molecule has 0 aliphatic carbocycles. The highest BCUT2D eigenvalue weighted by Crippen LogP contribution is 2.26. The molecule has 2 rings (SSSR count). The lowest BCUT2D eigenvalue weighted by molar-refractivity contribution is 0.420. The lowest BCUT2D eigenvalue weighted by atomic mass is 10.2. The van der Waals surface area contributed by atoms with E-state index in [0.717, 1.165) is 0 Å². The first-order chi connectivity index (χ1) is 7.08. The first-order valence-electron chi connectivity index (χ1n) is 3.72. The van der Waals surface area contributed by atoms with Gasteiger partial charge in [-0.3, -0.25) is 0 Å². The zero-order valence-electron chi connectivity index (χ0n) is 6.97. The molecule has 0 saturated heterocycles. The number of hydrogen-bond acceptors (Lipinski definition) is 3. The summed E-state index contributed by atoms with van der Waals surface area (Å²) in [6.45, 7) is 0. The van der Waals surface area contributed by atoms with E-state index in [9.17, 15) is 13.2 Å². The van der Waals surface area contributed by atoms with E-state index in [4.69, 9.17) is 0 Å². The fraction of sp³-hybridized carbons (Fsp3) is 0. The zero-order valence-corrected chi connectivity index (χ0v) is 8.56. The third-order valence-electron chi connectivity index (χ3n) is 1.62. The first-order valence-corrected chi connectivity index (χ1v) is 4.51. The first kappa shape index (κ1) is 10.2. The molecule has 3 nitrogen and oxygen atoms in total. The van der Waals surface area contributed by atoms with E-state index >= 15 is 0 Å². The van der Waals surface area contributed by atoms with Gasteiger partial charge in [-0.05, 0) is 21.1 Å². The van der Waals surface area contributed by atoms with Crippen LogP contribution < -0.4 is 0 Å². The zero-order chi connectivity index (χ0) is 11.0. The van der Waals surface area contributed by atoms with Crippen molar-refractivity contribution in [2.75, 3.05) is 0 Å². The van der Waals surface area contributed by atoms with Crippen LogP contribution in [0.4, 0.5) is 13.2 Å². The number of rotatable bonds is 1. The molecule has 0 aliphatic heterocycles. The SMILES string of the molecule is Fc1cc(F)c(-c2nc(Br)no2)c(F)c1. The summed E-state index contributed by atoms with van der Waals surface area (Å²) in [7, 11) is 0. The van der Waals surface area contributed by atoms with Gasteiger partial charge in [0.2, 0.25) is 4.73 Å². The van der Waals surface area contributed by atoms with Gasteiger partial charge in [-0.15, -0.1) is 0 Å². The van der Waals surface area contributed by atoms with Crippen LogP contribution >= 0.6 is 15.9 Å². The van der Waals surface area contributed by atoms with E-state index in [-0.39, 0.29) is 10.6 Å². The standard InChI is InChI=1S/C8H2BrF3N2O/c9-8-13-7(15-14-8)6-4(11)1-3(10)2-5(6)12/h1-2H. The second-order valence-corrected chi connectivity index (χ2v) is 3.32. The van der Waals surface area contributed by atoms with Crippen LogP contribution in [0.1, 0.15) is 0 Å². The summed E-state index contributed by atoms with van der Waals surface area (Å²) in [6, 6.07) is 1.08. The molecular weight excluding hydrogens is 277 g/mol. The van der Waals surface area contributed by atoms with Crippen LogP contribution in [0.25, 0.3) is 11.5 Å². The van der Waals surface area contributed by atoms with Crippen LogP contribution in [0.15, 0.2) is 21.4 Å². The van der Waals surface area contributed by atoms with E-state index in [0.29, 0.717) is 12.1 Å². The highest BCUT2D eigenvalue weighted by atomic mass is 79.9. The molecular formula is C8H2BrF3N2O. The number of benzene rings is 1. The molecule has 0 unspecified atom stereocenters. The summed E-state index contributed by atoms with van der Waals surface area (Å²) in [6.07, 6.45) is 0. The quantitative estimate of drug-likeness (QED) is 0.805. The van der Waals surface area contributed by atoms with Crippen LogP contribution in [0.3, 0.4) is 0 Å². The van der Waals surface area contributed by atoms with Crippen molar-refractivity contribution in [1.82, 2.24) is 10.1 Å². The molecule has 15 heavy (non-hydrogen) atoms. The van der Waals surface area contributed by atoms with Gasteiger partial charge in [-0.1, -0.05) is 0 Å². The number of hydrogen-bond donors (Lipinski definition) is 0. The third-order valence-corrected chi connectivity index (χ3v) is 1.94. The lowest BCUT2D eigenvalue weighted by Gasteiger charge is -1.99. The molecule has 0 atom stereocenters. The molecule has 0 N–H and O–H groups in total. The minimum absolute atomic E-state index is 0.0561. The molecule has 1 heterocycles. The summed E-state index contributed by atoms with van der Waals surface area (Å²) in [4.78, 5) is 3.57. The number of aromatic nitrogens is 2. The minimum atomic E-state index is -1.09. The maximum Gasteiger partial charge on any atom is 0.264 e. The van der Waals surface area contributed by atoms with Crippen molar-refractivity contribution in [3.63, 3.8) is 0 Å². The monoisotopic (exact) mass is 278 g/mol.